The number of aromatic nitrogens is 1. The van der Waals surface area contributed by atoms with E-state index in [1.54, 1.807) is 18.3 Å². The summed E-state index contributed by atoms with van der Waals surface area (Å²) >= 11 is 0. The Morgan fingerprint density at radius 3 is 2.21 bits per heavy atom. The van der Waals surface area contributed by atoms with Crippen LogP contribution in [-0.4, -0.2) is 59.2 Å². The minimum atomic E-state index is -1.19. The number of aromatic amines is 1. The first-order chi connectivity index (χ1) is 18.3. The molecule has 0 saturated carbocycles. The number of carbonyl (C=O) groups is 5. The van der Waals surface area contributed by atoms with Crippen LogP contribution in [-0.2, 0) is 36.8 Å². The van der Waals surface area contributed by atoms with Crippen LogP contribution in [0.25, 0.3) is 10.9 Å². The number of nitrogens with one attached hydrogen (secondary N) is 5. The van der Waals surface area contributed by atoms with Gasteiger partial charge in [0.25, 0.3) is 0 Å². The zero-order valence-electron chi connectivity index (χ0n) is 20.7. The molecule has 2 aromatic carbocycles. The van der Waals surface area contributed by atoms with Gasteiger partial charge in [0.2, 0.25) is 29.5 Å². The Balaban J connectivity index is 1.64. The lowest BCUT2D eigenvalue weighted by atomic mass is 10.0. The summed E-state index contributed by atoms with van der Waals surface area (Å²) < 4.78 is 0. The molecule has 1 aliphatic heterocycles. The Labute approximate surface area is 218 Å². The number of H-pyrrole nitrogens is 1. The van der Waals surface area contributed by atoms with Gasteiger partial charge in [0.1, 0.15) is 18.1 Å². The summed E-state index contributed by atoms with van der Waals surface area (Å²) in [5.74, 6) is -3.04. The minimum Gasteiger partial charge on any atom is -0.368 e. The third kappa shape index (κ3) is 6.75. The van der Waals surface area contributed by atoms with E-state index in [1.807, 2.05) is 42.5 Å². The molecule has 5 amide bonds. The van der Waals surface area contributed by atoms with Crippen molar-refractivity contribution in [1.29, 1.82) is 0 Å². The van der Waals surface area contributed by atoms with E-state index in [-0.39, 0.29) is 32.2 Å². The summed E-state index contributed by atoms with van der Waals surface area (Å²) in [6.07, 6.45) is 1.73. The quantitative estimate of drug-likeness (QED) is 0.274. The van der Waals surface area contributed by atoms with Crippen LogP contribution >= 0.6 is 0 Å². The van der Waals surface area contributed by atoms with Crippen molar-refractivity contribution >= 4 is 40.4 Å². The third-order valence-corrected chi connectivity index (χ3v) is 6.41. The zero-order valence-corrected chi connectivity index (χ0v) is 20.7. The van der Waals surface area contributed by atoms with Gasteiger partial charge in [0, 0.05) is 49.3 Å². The van der Waals surface area contributed by atoms with Gasteiger partial charge in [-0.1, -0.05) is 48.5 Å². The van der Waals surface area contributed by atoms with Gasteiger partial charge in [0.05, 0.1) is 0 Å². The molecule has 11 nitrogen and oxygen atoms in total. The maximum atomic E-state index is 13.5. The highest BCUT2D eigenvalue weighted by molar-refractivity contribution is 5.95. The predicted molar refractivity (Wildman–Crippen MR) is 139 cm³/mol. The number of carbonyl (C=O) groups excluding carboxylic acids is 5. The lowest BCUT2D eigenvalue weighted by molar-refractivity contribution is -0.134. The van der Waals surface area contributed by atoms with Crippen LogP contribution in [0, 0.1) is 0 Å². The number of primary amides is 1. The SMILES string of the molecule is NC(=O)[C@@H]1CNC(=O)CCC(=O)N[C@@H](Cc2c[nH]c3ccccc23)C(=O)N[C@@H](Cc2ccccc2)C(=O)N1. The van der Waals surface area contributed by atoms with Crippen molar-refractivity contribution in [3.05, 3.63) is 71.9 Å². The second-order valence-electron chi connectivity index (χ2n) is 9.20. The smallest absolute Gasteiger partial charge is 0.243 e. The third-order valence-electron chi connectivity index (χ3n) is 6.41. The van der Waals surface area contributed by atoms with Gasteiger partial charge >= 0.3 is 0 Å². The summed E-state index contributed by atoms with van der Waals surface area (Å²) in [6.45, 7) is -0.239. The van der Waals surface area contributed by atoms with Crippen LogP contribution in [0.2, 0.25) is 0 Å². The highest BCUT2D eigenvalue weighted by atomic mass is 16.2. The molecule has 2 heterocycles. The van der Waals surface area contributed by atoms with E-state index in [0.717, 1.165) is 22.0 Å². The first-order valence-electron chi connectivity index (χ1n) is 12.3. The molecule has 0 aliphatic carbocycles. The molecule has 1 aromatic heterocycles. The molecule has 3 atom stereocenters. The molecule has 0 bridgehead atoms. The number of benzene rings is 2. The molecule has 1 fully saturated rings. The Morgan fingerprint density at radius 1 is 0.789 bits per heavy atom. The first-order valence-corrected chi connectivity index (χ1v) is 12.3. The fraction of sp³-hybridized carbons (Fsp3) is 0.296. The molecule has 7 N–H and O–H groups in total. The fourth-order valence-electron chi connectivity index (χ4n) is 4.35. The number of amides is 5. The fourth-order valence-corrected chi connectivity index (χ4v) is 4.35. The summed E-state index contributed by atoms with van der Waals surface area (Å²) in [4.78, 5) is 66.9. The highest BCUT2D eigenvalue weighted by Gasteiger charge is 2.30. The van der Waals surface area contributed by atoms with E-state index in [0.29, 0.717) is 0 Å². The summed E-state index contributed by atoms with van der Waals surface area (Å²) in [6, 6.07) is 13.3. The monoisotopic (exact) mass is 518 g/mol. The number of nitrogens with two attached hydrogens (primary N) is 1. The van der Waals surface area contributed by atoms with E-state index in [1.165, 1.54) is 0 Å². The van der Waals surface area contributed by atoms with Gasteiger partial charge in [-0.3, -0.25) is 24.0 Å². The molecule has 38 heavy (non-hydrogen) atoms. The normalized spacial score (nSPS) is 21.5. The van der Waals surface area contributed by atoms with Crippen LogP contribution in [0.3, 0.4) is 0 Å². The lowest BCUT2D eigenvalue weighted by Gasteiger charge is -2.25. The summed E-state index contributed by atoms with van der Waals surface area (Å²) in [5.41, 5.74) is 7.90. The highest BCUT2D eigenvalue weighted by Crippen LogP contribution is 2.19. The molecular weight excluding hydrogens is 488 g/mol. The van der Waals surface area contributed by atoms with Gasteiger partial charge in [-0.2, -0.15) is 0 Å². The molecule has 4 rings (SSSR count). The van der Waals surface area contributed by atoms with Gasteiger partial charge in [0.15, 0.2) is 0 Å². The molecule has 1 saturated heterocycles. The van der Waals surface area contributed by atoms with Crippen molar-refractivity contribution in [2.75, 3.05) is 6.54 Å². The first kappa shape index (κ1) is 26.4. The number of hydrogen-bond donors (Lipinski definition) is 6. The van der Waals surface area contributed by atoms with Gasteiger partial charge in [-0.25, -0.2) is 0 Å². The number of hydrogen-bond acceptors (Lipinski definition) is 5. The number of rotatable bonds is 5. The Hall–Kier alpha value is -4.67. The molecule has 0 spiro atoms. The van der Waals surface area contributed by atoms with E-state index in [2.05, 4.69) is 26.3 Å². The number of fused-ring (bicyclic) bond motifs is 1. The molecular formula is C27H30N6O5. The van der Waals surface area contributed by atoms with Crippen LogP contribution in [0.1, 0.15) is 24.0 Å². The molecule has 0 radical (unpaired) electrons. The van der Waals surface area contributed by atoms with E-state index in [4.69, 9.17) is 5.73 Å². The Morgan fingerprint density at radius 2 is 1.45 bits per heavy atom. The van der Waals surface area contributed by atoms with Crippen LogP contribution in [0.4, 0.5) is 0 Å². The average Bonchev–Trinajstić information content (AvgIpc) is 3.31. The Bertz CT molecular complexity index is 1340. The molecule has 3 aromatic rings. The van der Waals surface area contributed by atoms with Crippen molar-refractivity contribution in [2.45, 2.75) is 43.8 Å². The van der Waals surface area contributed by atoms with Gasteiger partial charge < -0.3 is 32.0 Å². The Kier molecular flexibility index (Phi) is 8.37. The van der Waals surface area contributed by atoms with Crippen molar-refractivity contribution in [1.82, 2.24) is 26.3 Å². The standard InChI is InChI=1S/C27H30N6O5/c28-25(36)22-15-30-23(34)10-11-24(35)31-21(13-17-14-29-19-9-5-4-8-18(17)19)27(38)32-20(26(37)33-22)12-16-6-2-1-3-7-16/h1-9,14,20-22,29H,10-13,15H2,(H2,28,36)(H,30,34)(H,31,35)(H,32,38)(H,33,37)/t20-,21-,22-/m0/s1. The lowest BCUT2D eigenvalue weighted by Crippen LogP contribution is -2.59. The van der Waals surface area contributed by atoms with Crippen LogP contribution < -0.4 is 27.0 Å². The zero-order chi connectivity index (χ0) is 27.1. The second kappa shape index (κ2) is 12.0. The van der Waals surface area contributed by atoms with Gasteiger partial charge in [-0.15, -0.1) is 0 Å². The molecule has 198 valence electrons. The maximum absolute atomic E-state index is 13.5. The van der Waals surface area contributed by atoms with Crippen molar-refractivity contribution in [3.8, 4) is 0 Å². The summed E-state index contributed by atoms with van der Waals surface area (Å²) in [7, 11) is 0. The molecule has 11 heteroatoms. The topological polar surface area (TPSA) is 175 Å². The predicted octanol–water partition coefficient (Wildman–Crippen LogP) is -0.197. The summed E-state index contributed by atoms with van der Waals surface area (Å²) in [5, 5.41) is 11.4. The van der Waals surface area contributed by atoms with Gasteiger partial charge in [-0.05, 0) is 17.2 Å². The molecule has 0 unspecified atom stereocenters. The van der Waals surface area contributed by atoms with E-state index >= 15 is 0 Å². The second-order valence-corrected chi connectivity index (χ2v) is 9.20. The largest absolute Gasteiger partial charge is 0.368 e. The van der Waals surface area contributed by atoms with Crippen molar-refractivity contribution < 1.29 is 24.0 Å². The maximum Gasteiger partial charge on any atom is 0.243 e. The van der Waals surface area contributed by atoms with Crippen LogP contribution in [0.5, 0.6) is 0 Å². The van der Waals surface area contributed by atoms with E-state index in [9.17, 15) is 24.0 Å². The van der Waals surface area contributed by atoms with Crippen molar-refractivity contribution in [3.63, 3.8) is 0 Å². The number of para-hydroxylation sites is 1. The molecule has 1 aliphatic rings. The average molecular weight is 519 g/mol. The van der Waals surface area contributed by atoms with Crippen molar-refractivity contribution in [2.24, 2.45) is 5.73 Å². The minimum absolute atomic E-state index is 0.129. The van der Waals surface area contributed by atoms with Crippen LogP contribution in [0.15, 0.2) is 60.8 Å². The van der Waals surface area contributed by atoms with E-state index < -0.39 is 47.7 Å².